The summed E-state index contributed by atoms with van der Waals surface area (Å²) in [6.45, 7) is 11.6. The Bertz CT molecular complexity index is 445. The third kappa shape index (κ3) is 6.05. The quantitative estimate of drug-likeness (QED) is 0.838. The lowest BCUT2D eigenvalue weighted by Gasteiger charge is -2.23. The first-order valence-corrected chi connectivity index (χ1v) is 6.22. The Hall–Kier alpha value is -1.83. The van der Waals surface area contributed by atoms with Crippen molar-refractivity contribution in [2.24, 2.45) is 0 Å². The summed E-state index contributed by atoms with van der Waals surface area (Å²) >= 11 is 0. The molecule has 0 N–H and O–H groups in total. The second-order valence-corrected chi connectivity index (χ2v) is 6.22. The fourth-order valence-corrected chi connectivity index (χ4v) is 1.33. The van der Waals surface area contributed by atoms with Crippen molar-refractivity contribution in [3.05, 3.63) is 11.9 Å². The normalized spacial score (nSPS) is 11.8. The van der Waals surface area contributed by atoms with Crippen LogP contribution in [-0.2, 0) is 6.42 Å². The molecule has 1 rings (SSSR count). The van der Waals surface area contributed by atoms with Crippen LogP contribution in [0.3, 0.4) is 0 Å². The van der Waals surface area contributed by atoms with Gasteiger partial charge < -0.3 is 9.47 Å². The van der Waals surface area contributed by atoms with Crippen LogP contribution in [-0.4, -0.2) is 21.2 Å². The van der Waals surface area contributed by atoms with Crippen LogP contribution < -0.4 is 9.47 Å². The van der Waals surface area contributed by atoms with E-state index in [9.17, 15) is 0 Å². The van der Waals surface area contributed by atoms with Crippen molar-refractivity contribution < 1.29 is 9.47 Å². The van der Waals surface area contributed by atoms with E-state index in [-0.39, 0.29) is 17.6 Å². The first-order chi connectivity index (χ1) is 8.59. The number of hydrogen-bond donors (Lipinski definition) is 0. The van der Waals surface area contributed by atoms with Crippen molar-refractivity contribution in [1.29, 1.82) is 5.26 Å². The minimum atomic E-state index is -0.364. The number of rotatable bonds is 3. The van der Waals surface area contributed by atoms with E-state index >= 15 is 0 Å². The molecule has 0 aliphatic heterocycles. The highest BCUT2D eigenvalue weighted by atomic mass is 16.5. The van der Waals surface area contributed by atoms with E-state index in [0.29, 0.717) is 17.6 Å². The first-order valence-electron chi connectivity index (χ1n) is 6.22. The molecule has 19 heavy (non-hydrogen) atoms. The third-order valence-electron chi connectivity index (χ3n) is 1.78. The molecule has 0 spiro atoms. The predicted octanol–water partition coefficient (Wildman–Crippen LogP) is 2.90. The molecule has 1 aromatic heterocycles. The zero-order chi connectivity index (χ0) is 14.7. The molecule has 0 aliphatic rings. The maximum Gasteiger partial charge on any atom is 0.221 e. The van der Waals surface area contributed by atoms with Crippen LogP contribution in [0, 0.1) is 11.3 Å². The number of nitrogens with zero attached hydrogens (tertiary/aromatic N) is 3. The van der Waals surface area contributed by atoms with E-state index in [2.05, 4.69) is 9.97 Å². The van der Waals surface area contributed by atoms with Crippen molar-refractivity contribution in [3.63, 3.8) is 0 Å². The van der Waals surface area contributed by atoms with Gasteiger partial charge >= 0.3 is 0 Å². The summed E-state index contributed by atoms with van der Waals surface area (Å²) in [5.41, 5.74) is -0.728. The Kier molecular flexibility index (Phi) is 4.35. The molecule has 0 saturated carbocycles. The van der Waals surface area contributed by atoms with Gasteiger partial charge in [-0.15, -0.1) is 0 Å². The molecule has 5 heteroatoms. The van der Waals surface area contributed by atoms with E-state index in [1.54, 1.807) is 6.07 Å². The molecule has 0 aromatic carbocycles. The maximum atomic E-state index is 8.75. The monoisotopic (exact) mass is 263 g/mol. The molecule has 5 nitrogen and oxygen atoms in total. The molecule has 0 atom stereocenters. The number of aromatic nitrogens is 2. The smallest absolute Gasteiger partial charge is 0.221 e. The highest BCUT2D eigenvalue weighted by molar-refractivity contribution is 5.23. The van der Waals surface area contributed by atoms with Gasteiger partial charge in [-0.3, -0.25) is 0 Å². The fraction of sp³-hybridized carbons (Fsp3) is 0.643. The van der Waals surface area contributed by atoms with Crippen molar-refractivity contribution in [2.75, 3.05) is 0 Å². The van der Waals surface area contributed by atoms with Gasteiger partial charge in [0, 0.05) is 0 Å². The second kappa shape index (κ2) is 5.43. The lowest BCUT2D eigenvalue weighted by atomic mass is 10.2. The number of ether oxygens (including phenoxy) is 2. The van der Waals surface area contributed by atoms with E-state index in [1.165, 1.54) is 0 Å². The van der Waals surface area contributed by atoms with Crippen LogP contribution in [0.4, 0.5) is 0 Å². The SMILES string of the molecule is CC(C)(C)Oc1cc(OC(C)(C)C)nc(CC#N)n1. The van der Waals surface area contributed by atoms with Crippen molar-refractivity contribution in [1.82, 2.24) is 9.97 Å². The molecule has 0 unspecified atom stereocenters. The molecule has 0 amide bonds. The zero-order valence-corrected chi connectivity index (χ0v) is 12.4. The topological polar surface area (TPSA) is 68.0 Å². The zero-order valence-electron chi connectivity index (χ0n) is 12.4. The molecule has 0 fully saturated rings. The summed E-state index contributed by atoms with van der Waals surface area (Å²) in [4.78, 5) is 8.41. The van der Waals surface area contributed by atoms with Gasteiger partial charge in [-0.05, 0) is 41.5 Å². The van der Waals surface area contributed by atoms with Gasteiger partial charge in [0.25, 0.3) is 0 Å². The average molecular weight is 263 g/mol. The van der Waals surface area contributed by atoms with Gasteiger partial charge in [0.2, 0.25) is 11.8 Å². The standard InChI is InChI=1S/C14H21N3O2/c1-13(2,3)18-11-9-12(19-14(4,5)6)17-10(16-11)7-8-15/h9H,7H2,1-6H3. The third-order valence-corrected chi connectivity index (χ3v) is 1.78. The molecule has 104 valence electrons. The summed E-state index contributed by atoms with van der Waals surface area (Å²) in [5, 5.41) is 8.75. The summed E-state index contributed by atoms with van der Waals surface area (Å²) in [7, 11) is 0. The van der Waals surface area contributed by atoms with Crippen molar-refractivity contribution in [2.45, 2.75) is 59.2 Å². The van der Waals surface area contributed by atoms with Crippen LogP contribution >= 0.6 is 0 Å². The van der Waals surface area contributed by atoms with E-state index in [4.69, 9.17) is 14.7 Å². The fourth-order valence-electron chi connectivity index (χ4n) is 1.33. The maximum absolute atomic E-state index is 8.75. The van der Waals surface area contributed by atoms with Gasteiger partial charge in [0.15, 0.2) is 0 Å². The molecule has 1 heterocycles. The van der Waals surface area contributed by atoms with Gasteiger partial charge in [-0.2, -0.15) is 15.2 Å². The largest absolute Gasteiger partial charge is 0.472 e. The first kappa shape index (κ1) is 15.2. The van der Waals surface area contributed by atoms with E-state index in [1.807, 2.05) is 47.6 Å². The average Bonchev–Trinajstić information content (AvgIpc) is 2.11. The highest BCUT2D eigenvalue weighted by Gasteiger charge is 2.18. The second-order valence-electron chi connectivity index (χ2n) is 6.22. The molecule has 0 bridgehead atoms. The summed E-state index contributed by atoms with van der Waals surface area (Å²) in [6, 6.07) is 3.68. The predicted molar refractivity (Wildman–Crippen MR) is 72.1 cm³/mol. The summed E-state index contributed by atoms with van der Waals surface area (Å²) < 4.78 is 11.4. The summed E-state index contributed by atoms with van der Waals surface area (Å²) in [5.74, 6) is 1.25. The minimum absolute atomic E-state index is 0.127. The van der Waals surface area contributed by atoms with Gasteiger partial charge in [0.05, 0.1) is 18.6 Å². The van der Waals surface area contributed by atoms with E-state index < -0.39 is 0 Å². The molecule has 1 aromatic rings. The molecular formula is C14H21N3O2. The highest BCUT2D eigenvalue weighted by Crippen LogP contribution is 2.23. The summed E-state index contributed by atoms with van der Waals surface area (Å²) in [6.07, 6.45) is 0.127. The van der Waals surface area contributed by atoms with Crippen molar-refractivity contribution >= 4 is 0 Å². The van der Waals surface area contributed by atoms with Gasteiger partial charge in [-0.1, -0.05) is 0 Å². The lowest BCUT2D eigenvalue weighted by molar-refractivity contribution is 0.111. The number of hydrogen-bond acceptors (Lipinski definition) is 5. The van der Waals surface area contributed by atoms with Crippen LogP contribution in [0.5, 0.6) is 11.8 Å². The Balaban J connectivity index is 3.07. The van der Waals surface area contributed by atoms with Gasteiger partial charge in [-0.25, -0.2) is 0 Å². The van der Waals surface area contributed by atoms with Crippen LogP contribution in [0.15, 0.2) is 6.07 Å². The van der Waals surface area contributed by atoms with Crippen LogP contribution in [0.25, 0.3) is 0 Å². The Morgan fingerprint density at radius 2 is 1.42 bits per heavy atom. The van der Waals surface area contributed by atoms with Gasteiger partial charge in [0.1, 0.15) is 17.0 Å². The Morgan fingerprint density at radius 3 is 1.74 bits per heavy atom. The van der Waals surface area contributed by atoms with E-state index in [0.717, 1.165) is 0 Å². The Morgan fingerprint density at radius 1 is 1.00 bits per heavy atom. The Labute approximate surface area is 114 Å². The van der Waals surface area contributed by atoms with Crippen LogP contribution in [0.1, 0.15) is 47.4 Å². The minimum Gasteiger partial charge on any atom is -0.472 e. The molecular weight excluding hydrogens is 242 g/mol. The molecule has 0 aliphatic carbocycles. The lowest BCUT2D eigenvalue weighted by Crippen LogP contribution is -2.25. The van der Waals surface area contributed by atoms with Crippen LogP contribution in [0.2, 0.25) is 0 Å². The molecule has 0 radical (unpaired) electrons. The molecule has 0 saturated heterocycles. The number of nitriles is 1. The van der Waals surface area contributed by atoms with Crippen molar-refractivity contribution in [3.8, 4) is 17.8 Å².